The lowest BCUT2D eigenvalue weighted by atomic mass is 9.83. The second-order valence-corrected chi connectivity index (χ2v) is 11.5. The van der Waals surface area contributed by atoms with Crippen molar-refractivity contribution in [3.8, 4) is 11.5 Å². The van der Waals surface area contributed by atoms with Gasteiger partial charge in [0.2, 0.25) is 0 Å². The number of carbonyl (C=O) groups excluding carboxylic acids is 2. The van der Waals surface area contributed by atoms with Gasteiger partial charge in [0.15, 0.2) is 5.82 Å². The summed E-state index contributed by atoms with van der Waals surface area (Å²) < 4.78 is 5.43. The van der Waals surface area contributed by atoms with E-state index in [9.17, 15) is 9.59 Å². The molecule has 3 aromatic carbocycles. The second kappa shape index (κ2) is 13.5. The third-order valence-electron chi connectivity index (χ3n) is 8.02. The fraction of sp³-hybridized carbons (Fsp3) is 0.303. The van der Waals surface area contributed by atoms with Crippen molar-refractivity contribution in [2.24, 2.45) is 0 Å². The Hall–Kier alpha value is -5.39. The van der Waals surface area contributed by atoms with E-state index in [4.69, 9.17) is 4.52 Å². The third-order valence-corrected chi connectivity index (χ3v) is 8.02. The summed E-state index contributed by atoms with van der Waals surface area (Å²) in [5.74, 6) is 1.43. The van der Waals surface area contributed by atoms with Crippen LogP contribution in [-0.4, -0.2) is 42.7 Å². The maximum absolute atomic E-state index is 13.4. The number of nitrogens with zero attached hydrogens (tertiary/aromatic N) is 5. The van der Waals surface area contributed by atoms with Gasteiger partial charge >= 0.3 is 6.03 Å². The molecular weight excluding hydrogens is 570 g/mol. The van der Waals surface area contributed by atoms with Crippen molar-refractivity contribution in [2.75, 3.05) is 10.6 Å². The summed E-state index contributed by atoms with van der Waals surface area (Å²) in [5.41, 5.74) is 4.76. The molecule has 12 heteroatoms. The molecule has 12 nitrogen and oxygen atoms in total. The Labute approximate surface area is 260 Å². The summed E-state index contributed by atoms with van der Waals surface area (Å²) in [4.78, 5) is 30.5. The summed E-state index contributed by atoms with van der Waals surface area (Å²) in [6, 6.07) is 22.0. The molecule has 1 aliphatic carbocycles. The highest BCUT2D eigenvalue weighted by Crippen LogP contribution is 2.34. The lowest BCUT2D eigenvalue weighted by molar-refractivity contribution is 0.102. The fourth-order valence-corrected chi connectivity index (χ4v) is 5.59. The van der Waals surface area contributed by atoms with E-state index in [-0.39, 0.29) is 23.8 Å². The van der Waals surface area contributed by atoms with Gasteiger partial charge in [-0.05, 0) is 71.0 Å². The van der Waals surface area contributed by atoms with E-state index in [1.807, 2.05) is 38.1 Å². The van der Waals surface area contributed by atoms with Crippen molar-refractivity contribution in [3.63, 3.8) is 0 Å². The van der Waals surface area contributed by atoms with Gasteiger partial charge in [-0.3, -0.25) is 10.1 Å². The Morgan fingerprint density at radius 3 is 2.31 bits per heavy atom. The van der Waals surface area contributed by atoms with E-state index >= 15 is 0 Å². The Morgan fingerprint density at radius 2 is 1.64 bits per heavy atom. The lowest BCUT2D eigenvalue weighted by Gasteiger charge is -2.24. The van der Waals surface area contributed by atoms with Crippen LogP contribution < -0.4 is 16.0 Å². The number of H-pyrrole nitrogens is 1. The average Bonchev–Trinajstić information content (AvgIpc) is 3.78. The van der Waals surface area contributed by atoms with E-state index in [0.717, 1.165) is 11.1 Å². The maximum Gasteiger partial charge on any atom is 0.319 e. The van der Waals surface area contributed by atoms with Crippen molar-refractivity contribution >= 4 is 23.6 Å². The summed E-state index contributed by atoms with van der Waals surface area (Å²) in [5, 5.41) is 26.0. The molecule has 4 N–H and O–H groups in total. The number of carbonyl (C=O) groups is 2. The van der Waals surface area contributed by atoms with E-state index in [0.29, 0.717) is 34.4 Å². The fourth-order valence-electron chi connectivity index (χ4n) is 5.59. The molecule has 45 heavy (non-hydrogen) atoms. The lowest BCUT2D eigenvalue weighted by Crippen LogP contribution is -2.33. The first kappa shape index (κ1) is 29.7. The first-order chi connectivity index (χ1) is 21.9. The van der Waals surface area contributed by atoms with E-state index in [1.54, 1.807) is 24.3 Å². The molecular formula is C33H35N9O3. The molecule has 2 aromatic heterocycles. The Kier molecular flexibility index (Phi) is 8.90. The largest absolute Gasteiger partial charge is 0.334 e. The van der Waals surface area contributed by atoms with Gasteiger partial charge in [0.05, 0.1) is 6.04 Å². The van der Waals surface area contributed by atoms with Gasteiger partial charge < -0.3 is 15.2 Å². The molecule has 1 fully saturated rings. The van der Waals surface area contributed by atoms with Crippen LogP contribution in [0.25, 0.3) is 11.5 Å². The average molecular weight is 606 g/mol. The molecule has 1 saturated carbocycles. The van der Waals surface area contributed by atoms with Crippen LogP contribution in [0.4, 0.5) is 16.4 Å². The number of hydrogen-bond acceptors (Lipinski definition) is 8. The zero-order valence-electron chi connectivity index (χ0n) is 25.2. The van der Waals surface area contributed by atoms with Crippen LogP contribution in [0.1, 0.15) is 96.7 Å². The number of benzene rings is 3. The predicted molar refractivity (Wildman–Crippen MR) is 169 cm³/mol. The predicted octanol–water partition coefficient (Wildman–Crippen LogP) is 6.58. The number of urea groups is 1. The molecule has 2 heterocycles. The van der Waals surface area contributed by atoms with Crippen molar-refractivity contribution in [1.29, 1.82) is 0 Å². The highest BCUT2D eigenvalue weighted by Gasteiger charge is 2.21. The van der Waals surface area contributed by atoms with Crippen LogP contribution in [-0.2, 0) is 0 Å². The van der Waals surface area contributed by atoms with Crippen LogP contribution in [0.5, 0.6) is 0 Å². The molecule has 0 saturated heterocycles. The van der Waals surface area contributed by atoms with E-state index in [1.165, 1.54) is 37.7 Å². The standard InChI is InChI=1S/C33H35N9O3/c1-20(2)29-36-31(45-40-29)26-9-6-10-27(19-26)34-33(44)35-28(23-13-11-22(12-14-23)21-7-4-3-5-8-21)24-15-17-25(18-16-24)30(43)37-32-38-41-42-39-32/h6,9-21,28H,3-5,7-8H2,1-2H3,(H2,34,35,44)(H2,37,38,39,41,42,43). The van der Waals surface area contributed by atoms with E-state index in [2.05, 4.69) is 71.0 Å². The van der Waals surface area contributed by atoms with Crippen molar-refractivity contribution < 1.29 is 14.1 Å². The minimum atomic E-state index is -0.479. The number of nitrogens with one attached hydrogen (secondary N) is 4. The molecule has 1 unspecified atom stereocenters. The Bertz CT molecular complexity index is 1730. The number of anilines is 2. The van der Waals surface area contributed by atoms with Gasteiger partial charge in [-0.25, -0.2) is 4.79 Å². The van der Waals surface area contributed by atoms with Gasteiger partial charge in [-0.15, -0.1) is 5.10 Å². The zero-order chi connectivity index (χ0) is 31.2. The molecule has 0 radical (unpaired) electrons. The molecule has 3 amide bonds. The van der Waals surface area contributed by atoms with Crippen LogP contribution in [0.15, 0.2) is 77.3 Å². The molecule has 6 rings (SSSR count). The van der Waals surface area contributed by atoms with Crippen LogP contribution >= 0.6 is 0 Å². The summed E-state index contributed by atoms with van der Waals surface area (Å²) in [7, 11) is 0. The minimum Gasteiger partial charge on any atom is -0.334 e. The first-order valence-electron chi connectivity index (χ1n) is 15.2. The van der Waals surface area contributed by atoms with Crippen molar-refractivity contribution in [2.45, 2.75) is 63.8 Å². The minimum absolute atomic E-state index is 0.0851. The van der Waals surface area contributed by atoms with Crippen molar-refractivity contribution in [1.82, 2.24) is 36.1 Å². The Morgan fingerprint density at radius 1 is 0.911 bits per heavy atom. The highest BCUT2D eigenvalue weighted by atomic mass is 16.5. The number of hydrogen-bond donors (Lipinski definition) is 4. The second-order valence-electron chi connectivity index (χ2n) is 11.5. The Balaban J connectivity index is 1.21. The van der Waals surface area contributed by atoms with Gasteiger partial charge in [0.25, 0.3) is 17.7 Å². The summed E-state index contributed by atoms with van der Waals surface area (Å²) in [6.45, 7) is 3.99. The normalized spacial score (nSPS) is 14.2. The molecule has 1 atom stereocenters. The maximum atomic E-state index is 13.4. The molecule has 0 spiro atoms. The van der Waals surface area contributed by atoms with Crippen LogP contribution in [0.2, 0.25) is 0 Å². The molecule has 0 bridgehead atoms. The summed E-state index contributed by atoms with van der Waals surface area (Å²) >= 11 is 0. The quantitative estimate of drug-likeness (QED) is 0.146. The highest BCUT2D eigenvalue weighted by molar-refractivity contribution is 6.03. The van der Waals surface area contributed by atoms with Crippen LogP contribution in [0, 0.1) is 0 Å². The third kappa shape index (κ3) is 7.23. The van der Waals surface area contributed by atoms with Crippen LogP contribution in [0.3, 0.4) is 0 Å². The monoisotopic (exact) mass is 605 g/mol. The molecule has 5 aromatic rings. The molecule has 0 aliphatic heterocycles. The van der Waals surface area contributed by atoms with Gasteiger partial charge in [-0.1, -0.05) is 85.8 Å². The number of aromatic amines is 1. The zero-order valence-corrected chi connectivity index (χ0v) is 25.2. The smallest absolute Gasteiger partial charge is 0.319 e. The topological polar surface area (TPSA) is 164 Å². The summed E-state index contributed by atoms with van der Waals surface area (Å²) in [6.07, 6.45) is 6.23. The van der Waals surface area contributed by atoms with Gasteiger partial charge in [0.1, 0.15) is 0 Å². The van der Waals surface area contributed by atoms with Gasteiger partial charge in [-0.2, -0.15) is 10.2 Å². The SMILES string of the molecule is CC(C)c1noc(-c2cccc(NC(=O)NC(c3ccc(C(=O)Nc4nn[nH]n4)cc3)c3ccc(C4CCCCC4)cc3)c2)n1. The number of rotatable bonds is 9. The molecule has 230 valence electrons. The number of amides is 3. The number of aromatic nitrogens is 6. The number of tetrazole rings is 1. The van der Waals surface area contributed by atoms with Gasteiger partial charge in [0, 0.05) is 22.7 Å². The van der Waals surface area contributed by atoms with Crippen molar-refractivity contribution in [3.05, 3.63) is 101 Å². The molecule has 1 aliphatic rings. The first-order valence-corrected chi connectivity index (χ1v) is 15.2. The van der Waals surface area contributed by atoms with E-state index < -0.39 is 6.04 Å².